The number of rotatable bonds is 4. The minimum atomic E-state index is -0.893. The molecule has 4 rings (SSSR count). The van der Waals surface area contributed by atoms with Crippen LogP contribution in [-0.4, -0.2) is 28.8 Å². The van der Waals surface area contributed by atoms with Crippen LogP contribution in [0.4, 0.5) is 0 Å². The molecule has 1 atom stereocenters. The Morgan fingerprint density at radius 1 is 0.889 bits per heavy atom. The third-order valence-electron chi connectivity index (χ3n) is 4.42. The lowest BCUT2D eigenvalue weighted by Gasteiger charge is -2.19. The Labute approximate surface area is 155 Å². The van der Waals surface area contributed by atoms with Gasteiger partial charge in [-0.05, 0) is 42.0 Å². The van der Waals surface area contributed by atoms with Crippen LogP contribution in [0.1, 0.15) is 27.6 Å². The summed E-state index contributed by atoms with van der Waals surface area (Å²) in [5.74, 6) is -1.17. The molecule has 0 aromatic heterocycles. The minimum Gasteiger partial charge on any atom is -0.481 e. The van der Waals surface area contributed by atoms with Gasteiger partial charge in [-0.15, -0.1) is 0 Å². The summed E-state index contributed by atoms with van der Waals surface area (Å²) in [4.78, 5) is 37.1. The predicted molar refractivity (Wildman–Crippen MR) is 99.1 cm³/mol. The fourth-order valence-corrected chi connectivity index (χ4v) is 2.99. The summed E-state index contributed by atoms with van der Waals surface area (Å²) in [5, 5.41) is 2.78. The summed E-state index contributed by atoms with van der Waals surface area (Å²) in [5.41, 5.74) is 2.89. The van der Waals surface area contributed by atoms with Crippen LogP contribution >= 0.6 is 0 Å². The lowest BCUT2D eigenvalue weighted by atomic mass is 10.1. The van der Waals surface area contributed by atoms with Crippen LogP contribution < -0.4 is 10.2 Å². The van der Waals surface area contributed by atoms with Crippen molar-refractivity contribution in [3.8, 4) is 5.75 Å². The highest BCUT2D eigenvalue weighted by molar-refractivity contribution is 6.21. The number of fused-ring (bicyclic) bond motifs is 2. The number of ether oxygens (including phenoxy) is 1. The highest BCUT2D eigenvalue weighted by atomic mass is 16.5. The van der Waals surface area contributed by atoms with Gasteiger partial charge in [0.2, 0.25) is 0 Å². The van der Waals surface area contributed by atoms with E-state index in [2.05, 4.69) is 5.43 Å². The summed E-state index contributed by atoms with van der Waals surface area (Å²) >= 11 is 0. The van der Waals surface area contributed by atoms with Gasteiger partial charge in [0.15, 0.2) is 6.10 Å². The Bertz CT molecular complexity index is 1040. The zero-order valence-electron chi connectivity index (χ0n) is 14.5. The lowest BCUT2D eigenvalue weighted by Crippen LogP contribution is -2.50. The first-order valence-corrected chi connectivity index (χ1v) is 8.48. The quantitative estimate of drug-likeness (QED) is 0.726. The van der Waals surface area contributed by atoms with E-state index in [0.717, 1.165) is 15.8 Å². The Balaban J connectivity index is 1.46. The Hall–Kier alpha value is -3.67. The van der Waals surface area contributed by atoms with E-state index in [4.69, 9.17) is 4.74 Å². The molecule has 0 unspecified atom stereocenters. The van der Waals surface area contributed by atoms with Crippen molar-refractivity contribution in [3.05, 3.63) is 77.9 Å². The van der Waals surface area contributed by atoms with Gasteiger partial charge in [0.25, 0.3) is 17.7 Å². The lowest BCUT2D eigenvalue weighted by molar-refractivity contribution is -0.130. The first kappa shape index (κ1) is 16.8. The molecule has 1 heterocycles. The Kier molecular flexibility index (Phi) is 4.08. The third kappa shape index (κ3) is 3.01. The summed E-state index contributed by atoms with van der Waals surface area (Å²) < 4.78 is 5.68. The van der Waals surface area contributed by atoms with Crippen LogP contribution in [-0.2, 0) is 4.79 Å². The predicted octanol–water partition coefficient (Wildman–Crippen LogP) is 2.93. The van der Waals surface area contributed by atoms with Gasteiger partial charge in [-0.2, -0.15) is 5.01 Å². The molecular weight excluding hydrogens is 344 g/mol. The van der Waals surface area contributed by atoms with E-state index in [9.17, 15) is 14.4 Å². The van der Waals surface area contributed by atoms with Crippen molar-refractivity contribution in [3.63, 3.8) is 0 Å². The maximum atomic E-state index is 12.4. The molecule has 6 heteroatoms. The molecule has 0 spiro atoms. The van der Waals surface area contributed by atoms with Gasteiger partial charge >= 0.3 is 0 Å². The van der Waals surface area contributed by atoms with Gasteiger partial charge in [0.05, 0.1) is 11.1 Å². The highest BCUT2D eigenvalue weighted by Gasteiger charge is 2.37. The molecule has 3 aromatic rings. The SMILES string of the molecule is C[C@@H](Oc1ccc2ccccc2c1)C(=O)NN1C(=O)c2ccccc2C1=O. The zero-order chi connectivity index (χ0) is 19.0. The van der Waals surface area contributed by atoms with Crippen molar-refractivity contribution in [2.45, 2.75) is 13.0 Å². The second-order valence-corrected chi connectivity index (χ2v) is 6.24. The number of nitrogens with zero attached hydrogens (tertiary/aromatic N) is 1. The molecule has 3 aromatic carbocycles. The van der Waals surface area contributed by atoms with Crippen LogP contribution in [0.5, 0.6) is 5.75 Å². The zero-order valence-corrected chi connectivity index (χ0v) is 14.5. The van der Waals surface area contributed by atoms with Crippen LogP contribution in [0.3, 0.4) is 0 Å². The summed E-state index contributed by atoms with van der Waals surface area (Å²) in [7, 11) is 0. The smallest absolute Gasteiger partial charge is 0.280 e. The number of carbonyl (C=O) groups excluding carboxylic acids is 3. The number of hydrazine groups is 1. The van der Waals surface area contributed by atoms with E-state index >= 15 is 0 Å². The molecule has 0 radical (unpaired) electrons. The van der Waals surface area contributed by atoms with Crippen LogP contribution in [0.15, 0.2) is 66.7 Å². The largest absolute Gasteiger partial charge is 0.481 e. The van der Waals surface area contributed by atoms with Crippen molar-refractivity contribution in [2.24, 2.45) is 0 Å². The van der Waals surface area contributed by atoms with Crippen molar-refractivity contribution in [1.29, 1.82) is 0 Å². The third-order valence-corrected chi connectivity index (χ3v) is 4.42. The standard InChI is InChI=1S/C21H16N2O4/c1-13(27-16-11-10-14-6-2-3-7-15(14)12-16)19(24)22-23-20(25)17-8-4-5-9-18(17)21(23)26/h2-13H,1H3,(H,22,24)/t13-/m1/s1. The average molecular weight is 360 g/mol. The minimum absolute atomic E-state index is 0.269. The molecule has 0 saturated carbocycles. The number of carbonyl (C=O) groups is 3. The highest BCUT2D eigenvalue weighted by Crippen LogP contribution is 2.23. The molecule has 1 N–H and O–H groups in total. The molecule has 27 heavy (non-hydrogen) atoms. The van der Waals surface area contributed by atoms with Gasteiger partial charge in [0.1, 0.15) is 5.75 Å². The van der Waals surface area contributed by atoms with Gasteiger partial charge in [-0.25, -0.2) is 0 Å². The van der Waals surface area contributed by atoms with Gasteiger partial charge < -0.3 is 4.74 Å². The number of hydrogen-bond donors (Lipinski definition) is 1. The summed E-state index contributed by atoms with van der Waals surface area (Å²) in [6, 6.07) is 19.7. The number of nitrogens with one attached hydrogen (secondary N) is 1. The van der Waals surface area contributed by atoms with Crippen molar-refractivity contribution in [2.75, 3.05) is 0 Å². The molecular formula is C21H16N2O4. The van der Waals surface area contributed by atoms with E-state index in [0.29, 0.717) is 5.75 Å². The number of amides is 3. The number of benzene rings is 3. The van der Waals surface area contributed by atoms with Gasteiger partial charge in [0, 0.05) is 0 Å². The second-order valence-electron chi connectivity index (χ2n) is 6.24. The number of imide groups is 1. The summed E-state index contributed by atoms with van der Waals surface area (Å²) in [6.07, 6.45) is -0.893. The first-order valence-electron chi connectivity index (χ1n) is 8.48. The fourth-order valence-electron chi connectivity index (χ4n) is 2.99. The van der Waals surface area contributed by atoms with Crippen LogP contribution in [0.2, 0.25) is 0 Å². The van der Waals surface area contributed by atoms with E-state index in [1.165, 1.54) is 0 Å². The van der Waals surface area contributed by atoms with Crippen LogP contribution in [0.25, 0.3) is 10.8 Å². The van der Waals surface area contributed by atoms with Crippen LogP contribution in [0, 0.1) is 0 Å². The molecule has 134 valence electrons. The normalized spacial score (nSPS) is 14.2. The Morgan fingerprint density at radius 3 is 2.15 bits per heavy atom. The first-order chi connectivity index (χ1) is 13.0. The van der Waals surface area contributed by atoms with Gasteiger partial charge in [-0.3, -0.25) is 19.8 Å². The van der Waals surface area contributed by atoms with E-state index < -0.39 is 23.8 Å². The van der Waals surface area contributed by atoms with Gasteiger partial charge in [-0.1, -0.05) is 42.5 Å². The molecule has 0 fully saturated rings. The van der Waals surface area contributed by atoms with E-state index in [1.807, 2.05) is 36.4 Å². The molecule has 0 aliphatic carbocycles. The van der Waals surface area contributed by atoms with Crippen molar-refractivity contribution >= 4 is 28.5 Å². The second kappa shape index (κ2) is 6.57. The Morgan fingerprint density at radius 2 is 1.48 bits per heavy atom. The topological polar surface area (TPSA) is 75.7 Å². The fraction of sp³-hybridized carbons (Fsp3) is 0.0952. The maximum absolute atomic E-state index is 12.4. The summed E-state index contributed by atoms with van der Waals surface area (Å²) in [6.45, 7) is 1.56. The molecule has 1 aliphatic heterocycles. The molecule has 3 amide bonds. The molecule has 1 aliphatic rings. The monoisotopic (exact) mass is 360 g/mol. The maximum Gasteiger partial charge on any atom is 0.280 e. The molecule has 0 saturated heterocycles. The molecule has 0 bridgehead atoms. The van der Waals surface area contributed by atoms with Crippen molar-refractivity contribution in [1.82, 2.24) is 10.4 Å². The van der Waals surface area contributed by atoms with Crippen molar-refractivity contribution < 1.29 is 19.1 Å². The number of hydrogen-bond acceptors (Lipinski definition) is 4. The van der Waals surface area contributed by atoms with E-state index in [1.54, 1.807) is 37.3 Å². The van der Waals surface area contributed by atoms with E-state index in [-0.39, 0.29) is 11.1 Å². The average Bonchev–Trinajstić information content (AvgIpc) is 2.93. The molecule has 6 nitrogen and oxygen atoms in total.